The lowest BCUT2D eigenvalue weighted by molar-refractivity contribution is 0.301. The summed E-state index contributed by atoms with van der Waals surface area (Å²) in [5.74, 6) is 5.48. The van der Waals surface area contributed by atoms with Gasteiger partial charge in [-0.3, -0.25) is 0 Å². The highest BCUT2D eigenvalue weighted by Gasteiger charge is 2.04. The molecule has 0 unspecified atom stereocenters. The van der Waals surface area contributed by atoms with Crippen molar-refractivity contribution in [2.75, 3.05) is 32.7 Å². The fourth-order valence-corrected chi connectivity index (χ4v) is 1.02. The first-order valence-electron chi connectivity index (χ1n) is 4.34. The first-order valence-corrected chi connectivity index (χ1v) is 4.34. The number of piperazine rings is 1. The number of rotatable bonds is 3. The minimum absolute atomic E-state index is 0.739. The third kappa shape index (κ3) is 3.06. The molecule has 0 aromatic rings. The summed E-state index contributed by atoms with van der Waals surface area (Å²) in [4.78, 5) is 2.16. The van der Waals surface area contributed by atoms with Crippen LogP contribution in [0.2, 0.25) is 0 Å². The van der Waals surface area contributed by atoms with Gasteiger partial charge in [0.2, 0.25) is 0 Å². The van der Waals surface area contributed by atoms with E-state index in [4.69, 9.17) is 5.84 Å². The van der Waals surface area contributed by atoms with Gasteiger partial charge in [-0.15, -0.1) is 0 Å². The SMILES string of the molecule is CCN(N)/N=C/N1CCNCC1. The Labute approximate surface area is 73.2 Å². The summed E-state index contributed by atoms with van der Waals surface area (Å²) in [6.07, 6.45) is 1.81. The van der Waals surface area contributed by atoms with Gasteiger partial charge in [0.1, 0.15) is 6.34 Å². The zero-order valence-electron chi connectivity index (χ0n) is 7.53. The number of hydrogen-bond acceptors (Lipinski definition) is 4. The molecule has 0 bridgehead atoms. The van der Waals surface area contributed by atoms with Gasteiger partial charge < -0.3 is 10.2 Å². The Morgan fingerprint density at radius 2 is 2.25 bits per heavy atom. The Balaban J connectivity index is 2.23. The van der Waals surface area contributed by atoms with Crippen LogP contribution in [-0.4, -0.2) is 49.1 Å². The molecule has 70 valence electrons. The fraction of sp³-hybridized carbons (Fsp3) is 0.857. The van der Waals surface area contributed by atoms with E-state index in [2.05, 4.69) is 15.3 Å². The lowest BCUT2D eigenvalue weighted by Crippen LogP contribution is -2.43. The van der Waals surface area contributed by atoms with Crippen molar-refractivity contribution in [2.24, 2.45) is 10.9 Å². The summed E-state index contributed by atoms with van der Waals surface area (Å²) in [5, 5.41) is 8.75. The van der Waals surface area contributed by atoms with Crippen molar-refractivity contribution in [2.45, 2.75) is 6.92 Å². The Kier molecular flexibility index (Phi) is 3.83. The van der Waals surface area contributed by atoms with E-state index in [0.29, 0.717) is 0 Å². The second-order valence-corrected chi connectivity index (χ2v) is 2.77. The second-order valence-electron chi connectivity index (χ2n) is 2.77. The fourth-order valence-electron chi connectivity index (χ4n) is 1.02. The van der Waals surface area contributed by atoms with Gasteiger partial charge in [0.25, 0.3) is 0 Å². The van der Waals surface area contributed by atoms with E-state index in [1.807, 2.05) is 13.3 Å². The lowest BCUT2D eigenvalue weighted by Gasteiger charge is -2.25. The van der Waals surface area contributed by atoms with E-state index in [9.17, 15) is 0 Å². The Bertz CT molecular complexity index is 141. The molecule has 3 N–H and O–H groups in total. The molecule has 5 nitrogen and oxygen atoms in total. The molecular formula is C7H17N5. The molecular weight excluding hydrogens is 154 g/mol. The maximum absolute atomic E-state index is 5.48. The number of hydrazone groups is 1. The Hall–Kier alpha value is -0.810. The molecule has 0 spiro atoms. The smallest absolute Gasteiger partial charge is 0.113 e. The van der Waals surface area contributed by atoms with Gasteiger partial charge in [-0.2, -0.15) is 5.10 Å². The van der Waals surface area contributed by atoms with Crippen LogP contribution < -0.4 is 11.2 Å². The molecule has 1 saturated heterocycles. The second kappa shape index (κ2) is 4.95. The summed E-state index contributed by atoms with van der Waals surface area (Å²) in [5.41, 5.74) is 0. The summed E-state index contributed by atoms with van der Waals surface area (Å²) in [6.45, 7) is 6.80. The molecule has 0 aliphatic carbocycles. The van der Waals surface area contributed by atoms with Gasteiger partial charge in [-0.05, 0) is 6.92 Å². The largest absolute Gasteiger partial charge is 0.359 e. The van der Waals surface area contributed by atoms with Crippen molar-refractivity contribution in [1.29, 1.82) is 0 Å². The third-order valence-corrected chi connectivity index (χ3v) is 1.84. The predicted octanol–water partition coefficient (Wildman–Crippen LogP) is -0.969. The van der Waals surface area contributed by atoms with Crippen LogP contribution in [0.15, 0.2) is 5.10 Å². The van der Waals surface area contributed by atoms with E-state index in [-0.39, 0.29) is 0 Å². The van der Waals surface area contributed by atoms with Crippen molar-refractivity contribution in [1.82, 2.24) is 15.3 Å². The van der Waals surface area contributed by atoms with Gasteiger partial charge in [0.15, 0.2) is 0 Å². The maximum atomic E-state index is 5.48. The predicted molar refractivity (Wildman–Crippen MR) is 49.5 cm³/mol. The summed E-state index contributed by atoms with van der Waals surface area (Å²) < 4.78 is 0. The molecule has 1 aliphatic rings. The minimum Gasteiger partial charge on any atom is -0.359 e. The van der Waals surface area contributed by atoms with Gasteiger partial charge in [0.05, 0.1) is 6.54 Å². The van der Waals surface area contributed by atoms with E-state index < -0.39 is 0 Å². The zero-order chi connectivity index (χ0) is 8.81. The molecule has 12 heavy (non-hydrogen) atoms. The van der Waals surface area contributed by atoms with Crippen molar-refractivity contribution >= 4 is 6.34 Å². The lowest BCUT2D eigenvalue weighted by atomic mass is 10.4. The molecule has 1 fully saturated rings. The van der Waals surface area contributed by atoms with E-state index in [1.165, 1.54) is 5.12 Å². The first-order chi connectivity index (χ1) is 5.83. The van der Waals surface area contributed by atoms with Crippen LogP contribution in [0, 0.1) is 0 Å². The number of hydrazine groups is 1. The summed E-state index contributed by atoms with van der Waals surface area (Å²) in [6, 6.07) is 0. The average molecular weight is 171 g/mol. The summed E-state index contributed by atoms with van der Waals surface area (Å²) in [7, 11) is 0. The highest BCUT2D eigenvalue weighted by atomic mass is 15.6. The van der Waals surface area contributed by atoms with Crippen LogP contribution in [-0.2, 0) is 0 Å². The minimum atomic E-state index is 0.739. The number of nitrogens with two attached hydrogens (primary N) is 1. The molecule has 0 amide bonds. The van der Waals surface area contributed by atoms with Crippen molar-refractivity contribution in [3.05, 3.63) is 0 Å². The van der Waals surface area contributed by atoms with E-state index >= 15 is 0 Å². The quantitative estimate of drug-likeness (QED) is 0.248. The van der Waals surface area contributed by atoms with Gasteiger partial charge in [0, 0.05) is 26.2 Å². The maximum Gasteiger partial charge on any atom is 0.113 e. The monoisotopic (exact) mass is 171 g/mol. The topological polar surface area (TPSA) is 56.9 Å². The molecule has 1 aliphatic heterocycles. The third-order valence-electron chi connectivity index (χ3n) is 1.84. The molecule has 1 heterocycles. The highest BCUT2D eigenvalue weighted by molar-refractivity contribution is 5.54. The molecule has 0 aromatic heterocycles. The van der Waals surface area contributed by atoms with Gasteiger partial charge in [-0.1, -0.05) is 0 Å². The van der Waals surface area contributed by atoms with E-state index in [1.54, 1.807) is 0 Å². The molecule has 0 aromatic carbocycles. The molecule has 1 rings (SSSR count). The van der Waals surface area contributed by atoms with Gasteiger partial charge in [-0.25, -0.2) is 11.0 Å². The number of hydrogen-bond donors (Lipinski definition) is 2. The normalized spacial score (nSPS) is 18.7. The number of nitrogens with one attached hydrogen (secondary N) is 1. The van der Waals surface area contributed by atoms with Crippen LogP contribution in [0.3, 0.4) is 0 Å². The van der Waals surface area contributed by atoms with Crippen LogP contribution in [0.5, 0.6) is 0 Å². The zero-order valence-corrected chi connectivity index (χ0v) is 7.53. The summed E-state index contributed by atoms with van der Waals surface area (Å²) >= 11 is 0. The molecule has 5 heteroatoms. The van der Waals surface area contributed by atoms with Crippen LogP contribution >= 0.6 is 0 Å². The van der Waals surface area contributed by atoms with Crippen LogP contribution in [0.1, 0.15) is 6.92 Å². The van der Waals surface area contributed by atoms with E-state index in [0.717, 1.165) is 32.7 Å². The molecule has 0 atom stereocenters. The van der Waals surface area contributed by atoms with Crippen molar-refractivity contribution in [3.8, 4) is 0 Å². The van der Waals surface area contributed by atoms with Crippen LogP contribution in [0.4, 0.5) is 0 Å². The van der Waals surface area contributed by atoms with Crippen molar-refractivity contribution < 1.29 is 0 Å². The van der Waals surface area contributed by atoms with Gasteiger partial charge >= 0.3 is 0 Å². The Morgan fingerprint density at radius 1 is 1.58 bits per heavy atom. The molecule has 0 radical (unpaired) electrons. The van der Waals surface area contributed by atoms with Crippen LogP contribution in [0.25, 0.3) is 0 Å². The molecule has 0 saturated carbocycles. The first kappa shape index (κ1) is 9.28. The highest BCUT2D eigenvalue weighted by Crippen LogP contribution is 1.87. The standard InChI is InChI=1S/C7H17N5/c1-2-12(8)10-7-11-5-3-9-4-6-11/h7,9H,2-6,8H2,1H3/b10-7+. The average Bonchev–Trinajstić information content (AvgIpc) is 2.16. The van der Waals surface area contributed by atoms with Crippen molar-refractivity contribution in [3.63, 3.8) is 0 Å². The number of nitrogens with zero attached hydrogens (tertiary/aromatic N) is 3. The Morgan fingerprint density at radius 3 is 2.83 bits per heavy atom.